The second-order valence-electron chi connectivity index (χ2n) is 5.86. The molecule has 1 aromatic heterocycles. The van der Waals surface area contributed by atoms with Gasteiger partial charge in [-0.25, -0.2) is 13.4 Å². The third-order valence-corrected chi connectivity index (χ3v) is 6.15. The minimum absolute atomic E-state index is 0.145. The first-order valence-corrected chi connectivity index (χ1v) is 10.5. The zero-order valence-electron chi connectivity index (χ0n) is 15.1. The predicted octanol–water partition coefficient (Wildman–Crippen LogP) is 3.76. The molecule has 0 aliphatic heterocycles. The Morgan fingerprint density at radius 3 is 2.56 bits per heavy atom. The van der Waals surface area contributed by atoms with Gasteiger partial charge in [-0.3, -0.25) is 9.52 Å². The van der Waals surface area contributed by atoms with E-state index in [1.165, 1.54) is 18.4 Å². The first-order chi connectivity index (χ1) is 12.8. The van der Waals surface area contributed by atoms with Crippen molar-refractivity contribution in [3.8, 4) is 5.75 Å². The van der Waals surface area contributed by atoms with Crippen molar-refractivity contribution in [3.05, 3.63) is 42.0 Å². The summed E-state index contributed by atoms with van der Waals surface area (Å²) in [5.41, 5.74) is 1.90. The van der Waals surface area contributed by atoms with Crippen molar-refractivity contribution < 1.29 is 17.9 Å². The lowest BCUT2D eigenvalue weighted by Gasteiger charge is -2.10. The van der Waals surface area contributed by atoms with E-state index in [1.54, 1.807) is 43.3 Å². The van der Waals surface area contributed by atoms with Crippen LogP contribution in [0.4, 0.5) is 10.8 Å². The van der Waals surface area contributed by atoms with Gasteiger partial charge in [-0.05, 0) is 25.1 Å². The molecule has 0 radical (unpaired) electrons. The molecular formula is C18H19N3O4S2. The van der Waals surface area contributed by atoms with Crippen molar-refractivity contribution in [2.24, 2.45) is 0 Å². The van der Waals surface area contributed by atoms with Crippen molar-refractivity contribution in [3.63, 3.8) is 0 Å². The van der Waals surface area contributed by atoms with Crippen LogP contribution in [0.15, 0.2) is 41.3 Å². The van der Waals surface area contributed by atoms with Gasteiger partial charge >= 0.3 is 0 Å². The van der Waals surface area contributed by atoms with Gasteiger partial charge in [0.1, 0.15) is 11.3 Å². The molecule has 0 atom stereocenters. The first kappa shape index (κ1) is 19.1. The largest absolute Gasteiger partial charge is 0.494 e. The van der Waals surface area contributed by atoms with Crippen molar-refractivity contribution >= 4 is 48.3 Å². The molecule has 0 unspecified atom stereocenters. The molecule has 1 heterocycles. The molecule has 0 spiro atoms. The standard InChI is InChI=1S/C18H19N3O4S2/c1-4-16(22)19-18-20-17-14(25-3)9-12(10-15(17)26-18)21-27(23,24)13-7-5-11(2)6-8-13/h5-10,21H,4H2,1-3H3,(H,19,20,22). The van der Waals surface area contributed by atoms with Crippen LogP contribution in [0.2, 0.25) is 0 Å². The van der Waals surface area contributed by atoms with Crippen LogP contribution >= 0.6 is 11.3 Å². The molecular weight excluding hydrogens is 386 g/mol. The van der Waals surface area contributed by atoms with Gasteiger partial charge in [-0.1, -0.05) is 36.0 Å². The molecule has 3 rings (SSSR count). The highest BCUT2D eigenvalue weighted by Gasteiger charge is 2.17. The summed E-state index contributed by atoms with van der Waals surface area (Å²) < 4.78 is 33.8. The number of sulfonamides is 1. The number of hydrogen-bond donors (Lipinski definition) is 2. The summed E-state index contributed by atoms with van der Waals surface area (Å²) in [4.78, 5) is 16.1. The number of carbonyl (C=O) groups excluding carboxylic acids is 1. The summed E-state index contributed by atoms with van der Waals surface area (Å²) in [5.74, 6) is 0.274. The highest BCUT2D eigenvalue weighted by Crippen LogP contribution is 2.36. The van der Waals surface area contributed by atoms with Gasteiger partial charge in [0, 0.05) is 12.5 Å². The summed E-state index contributed by atoms with van der Waals surface area (Å²) in [6, 6.07) is 9.83. The van der Waals surface area contributed by atoms with Crippen LogP contribution in [0.1, 0.15) is 18.9 Å². The minimum atomic E-state index is -3.73. The molecule has 1 amide bonds. The molecule has 2 aromatic carbocycles. The Bertz CT molecular complexity index is 1090. The monoisotopic (exact) mass is 405 g/mol. The molecule has 0 saturated carbocycles. The average Bonchev–Trinajstić information content (AvgIpc) is 3.03. The quantitative estimate of drug-likeness (QED) is 0.651. The van der Waals surface area contributed by atoms with Gasteiger partial charge in [-0.2, -0.15) is 0 Å². The lowest BCUT2D eigenvalue weighted by atomic mass is 10.2. The summed E-state index contributed by atoms with van der Waals surface area (Å²) >= 11 is 1.25. The van der Waals surface area contributed by atoms with Crippen LogP contribution in [0.5, 0.6) is 5.75 Å². The number of aryl methyl sites for hydroxylation is 1. The predicted molar refractivity (Wildman–Crippen MR) is 107 cm³/mol. The number of ether oxygens (including phenoxy) is 1. The number of thiazole rings is 1. The van der Waals surface area contributed by atoms with E-state index in [4.69, 9.17) is 4.74 Å². The third-order valence-electron chi connectivity index (χ3n) is 3.83. The second kappa shape index (κ2) is 7.53. The van der Waals surface area contributed by atoms with E-state index in [0.29, 0.717) is 33.2 Å². The zero-order valence-corrected chi connectivity index (χ0v) is 16.7. The Morgan fingerprint density at radius 2 is 1.93 bits per heavy atom. The maximum Gasteiger partial charge on any atom is 0.261 e. The number of carbonyl (C=O) groups is 1. The number of hydrogen-bond acceptors (Lipinski definition) is 6. The number of methoxy groups -OCH3 is 1. The molecule has 0 bridgehead atoms. The van der Waals surface area contributed by atoms with Gasteiger partial charge in [0.2, 0.25) is 5.91 Å². The Labute approximate surface area is 161 Å². The zero-order chi connectivity index (χ0) is 19.6. The van der Waals surface area contributed by atoms with Crippen LogP contribution in [0.3, 0.4) is 0 Å². The molecule has 3 aromatic rings. The van der Waals surface area contributed by atoms with Crippen LogP contribution in [0.25, 0.3) is 10.2 Å². The third kappa shape index (κ3) is 4.20. The molecule has 0 aliphatic carbocycles. The lowest BCUT2D eigenvalue weighted by molar-refractivity contribution is -0.115. The van der Waals surface area contributed by atoms with Crippen molar-refractivity contribution in [2.75, 3.05) is 17.1 Å². The van der Waals surface area contributed by atoms with Gasteiger partial charge < -0.3 is 10.1 Å². The molecule has 7 nitrogen and oxygen atoms in total. The maximum absolute atomic E-state index is 12.6. The van der Waals surface area contributed by atoms with Gasteiger partial charge in [0.15, 0.2) is 5.13 Å². The van der Waals surface area contributed by atoms with Gasteiger partial charge in [0.25, 0.3) is 10.0 Å². The van der Waals surface area contributed by atoms with Crippen LogP contribution in [-0.2, 0) is 14.8 Å². The molecule has 0 aliphatic rings. The van der Waals surface area contributed by atoms with Crippen LogP contribution < -0.4 is 14.8 Å². The number of nitrogens with zero attached hydrogens (tertiary/aromatic N) is 1. The number of fused-ring (bicyclic) bond motifs is 1. The average molecular weight is 406 g/mol. The van der Waals surface area contributed by atoms with E-state index in [2.05, 4.69) is 15.0 Å². The van der Waals surface area contributed by atoms with Crippen molar-refractivity contribution in [2.45, 2.75) is 25.2 Å². The molecule has 9 heteroatoms. The van der Waals surface area contributed by atoms with E-state index in [9.17, 15) is 13.2 Å². The normalized spacial score (nSPS) is 11.4. The van der Waals surface area contributed by atoms with E-state index in [1.807, 2.05) is 6.92 Å². The van der Waals surface area contributed by atoms with Crippen LogP contribution in [0, 0.1) is 6.92 Å². The number of aromatic nitrogens is 1. The van der Waals surface area contributed by atoms with Crippen molar-refractivity contribution in [1.82, 2.24) is 4.98 Å². The maximum atomic E-state index is 12.6. The smallest absolute Gasteiger partial charge is 0.261 e. The first-order valence-electron chi connectivity index (χ1n) is 8.20. The van der Waals surface area contributed by atoms with E-state index in [-0.39, 0.29) is 10.8 Å². The fraction of sp³-hybridized carbons (Fsp3) is 0.222. The van der Waals surface area contributed by atoms with Gasteiger partial charge in [0.05, 0.1) is 22.4 Å². The summed E-state index contributed by atoms with van der Waals surface area (Å²) in [7, 11) is -2.25. The number of nitrogens with one attached hydrogen (secondary N) is 2. The highest BCUT2D eigenvalue weighted by atomic mass is 32.2. The number of benzene rings is 2. The van der Waals surface area contributed by atoms with E-state index >= 15 is 0 Å². The van der Waals surface area contributed by atoms with Crippen LogP contribution in [-0.4, -0.2) is 26.4 Å². The molecule has 142 valence electrons. The highest BCUT2D eigenvalue weighted by molar-refractivity contribution is 7.92. The molecule has 0 saturated heterocycles. The topological polar surface area (TPSA) is 97.4 Å². The van der Waals surface area contributed by atoms with Gasteiger partial charge in [-0.15, -0.1) is 0 Å². The van der Waals surface area contributed by atoms with E-state index in [0.717, 1.165) is 5.56 Å². The Hall–Kier alpha value is -2.65. The number of rotatable bonds is 6. The van der Waals surface area contributed by atoms with Crippen molar-refractivity contribution in [1.29, 1.82) is 0 Å². The molecule has 0 fully saturated rings. The fourth-order valence-electron chi connectivity index (χ4n) is 2.41. The number of amides is 1. The SMILES string of the molecule is CCC(=O)Nc1nc2c(OC)cc(NS(=O)(=O)c3ccc(C)cc3)cc2s1. The number of anilines is 2. The van der Waals surface area contributed by atoms with E-state index < -0.39 is 10.0 Å². The Kier molecular flexibility index (Phi) is 5.33. The second-order valence-corrected chi connectivity index (χ2v) is 8.58. The summed E-state index contributed by atoms with van der Waals surface area (Å²) in [6.07, 6.45) is 0.342. The molecule has 2 N–H and O–H groups in total. The minimum Gasteiger partial charge on any atom is -0.494 e. The fourth-order valence-corrected chi connectivity index (χ4v) is 4.39. The molecule has 27 heavy (non-hydrogen) atoms. The summed E-state index contributed by atoms with van der Waals surface area (Å²) in [6.45, 7) is 3.64. The Morgan fingerprint density at radius 1 is 1.22 bits per heavy atom. The summed E-state index contributed by atoms with van der Waals surface area (Å²) in [5, 5.41) is 3.14. The lowest BCUT2D eigenvalue weighted by Crippen LogP contribution is -2.12. The Balaban J connectivity index is 1.97.